The molecule has 28 heavy (non-hydrogen) atoms. The van der Waals surface area contributed by atoms with Crippen LogP contribution in [0.2, 0.25) is 0 Å². The highest BCUT2D eigenvalue weighted by Crippen LogP contribution is 2.07. The molecule has 140 valence electrons. The van der Waals surface area contributed by atoms with E-state index in [1.807, 2.05) is 72.8 Å². The molecule has 0 aliphatic rings. The largest absolute Gasteiger partial charge is 0.366 e. The predicted molar refractivity (Wildman–Crippen MR) is 106 cm³/mol. The maximum Gasteiger partial charge on any atom is 0.250 e. The maximum absolute atomic E-state index is 11.4. The second-order valence-corrected chi connectivity index (χ2v) is 5.21. The summed E-state index contributed by atoms with van der Waals surface area (Å²) in [5.74, 6) is -0.638. The molecular formula is C21H19N5O2. The van der Waals surface area contributed by atoms with Gasteiger partial charge in [-0.2, -0.15) is 0 Å². The van der Waals surface area contributed by atoms with Gasteiger partial charge in [-0.3, -0.25) is 4.79 Å². The number of benzene rings is 1. The summed E-state index contributed by atoms with van der Waals surface area (Å²) >= 11 is 0. The zero-order chi connectivity index (χ0) is 19.9. The van der Waals surface area contributed by atoms with Crippen LogP contribution in [0.5, 0.6) is 0 Å². The molecule has 0 saturated carbocycles. The van der Waals surface area contributed by atoms with Gasteiger partial charge in [-0.15, -0.1) is 5.10 Å². The molecule has 0 atom stereocenters. The number of rotatable bonds is 1. The van der Waals surface area contributed by atoms with E-state index in [1.54, 1.807) is 18.2 Å². The van der Waals surface area contributed by atoms with Gasteiger partial charge in [0.15, 0.2) is 5.58 Å². The first-order valence-corrected chi connectivity index (χ1v) is 8.35. The van der Waals surface area contributed by atoms with E-state index in [1.165, 1.54) is 12.3 Å². The molecule has 0 aliphatic heterocycles. The Morgan fingerprint density at radius 1 is 0.714 bits per heavy atom. The summed E-state index contributed by atoms with van der Waals surface area (Å²) in [6, 6.07) is 29.2. The molecule has 0 unspecified atom stereocenters. The molecule has 2 rings (SSSR count). The number of nitrogens with zero attached hydrogens (tertiary/aromatic N) is 4. The van der Waals surface area contributed by atoms with Crippen molar-refractivity contribution in [1.82, 2.24) is 20.8 Å². The number of aromatic nitrogens is 4. The molecule has 7 heteroatoms. The number of carbonyl (C=O) groups excluding carboxylic acids is 1. The Morgan fingerprint density at radius 3 is 1.89 bits per heavy atom. The van der Waals surface area contributed by atoms with Gasteiger partial charge >= 0.3 is 0 Å². The van der Waals surface area contributed by atoms with Crippen LogP contribution in [0, 0.1) is 0 Å². The minimum Gasteiger partial charge on any atom is -0.366 e. The van der Waals surface area contributed by atoms with Crippen molar-refractivity contribution in [2.24, 2.45) is 5.73 Å². The van der Waals surface area contributed by atoms with Crippen LogP contribution in [-0.4, -0.2) is 26.7 Å². The third-order valence-electron chi connectivity index (χ3n) is 3.22. The summed E-state index contributed by atoms with van der Waals surface area (Å²) in [6.07, 6.45) is 1.19. The molecule has 0 saturated heterocycles. The van der Waals surface area contributed by atoms with Crippen molar-refractivity contribution in [2.75, 3.05) is 0 Å². The summed E-state index contributed by atoms with van der Waals surface area (Å²) < 4.78 is 5.23. The Balaban J connectivity index is 2.57. The number of hydrogen-bond acceptors (Lipinski definition) is 6. The second kappa shape index (κ2) is 12.3. The highest BCUT2D eigenvalue weighted by molar-refractivity contribution is 5.92. The van der Waals surface area contributed by atoms with Crippen LogP contribution in [0.3, 0.4) is 0 Å². The van der Waals surface area contributed by atoms with Gasteiger partial charge < -0.3 is 10.3 Å². The van der Waals surface area contributed by atoms with Crippen molar-refractivity contribution >= 4 is 16.9 Å². The van der Waals surface area contributed by atoms with Gasteiger partial charge in [0.1, 0.15) is 0 Å². The van der Waals surface area contributed by atoms with Crippen LogP contribution in [0.1, 0.15) is 10.4 Å². The van der Waals surface area contributed by atoms with E-state index in [0.29, 0.717) is 5.58 Å². The van der Waals surface area contributed by atoms with Crippen LogP contribution in [0.25, 0.3) is 11.0 Å². The van der Waals surface area contributed by atoms with Crippen LogP contribution in [0.15, 0.2) is 108 Å². The van der Waals surface area contributed by atoms with Gasteiger partial charge in [0, 0.05) is 10.6 Å². The number of fused-ring (bicyclic) bond motifs is 1. The van der Waals surface area contributed by atoms with Gasteiger partial charge in [0.25, 0.3) is 0 Å². The Labute approximate surface area is 162 Å². The van der Waals surface area contributed by atoms with E-state index >= 15 is 0 Å². The normalized spacial score (nSPS) is 9.00. The lowest BCUT2D eigenvalue weighted by atomic mass is 10.2. The molecule has 0 fully saturated rings. The predicted octanol–water partition coefficient (Wildman–Crippen LogP) is 3.61. The minimum absolute atomic E-state index is 0.167. The molecule has 1 aromatic carbocycles. The molecule has 1 aromatic heterocycles. The number of primary amides is 1. The van der Waals surface area contributed by atoms with Crippen molar-refractivity contribution in [3.05, 3.63) is 109 Å². The third kappa shape index (κ3) is 7.83. The fraction of sp³-hybridized carbons (Fsp3) is 0. The second-order valence-electron chi connectivity index (χ2n) is 5.21. The molecule has 0 aliphatic carbocycles. The summed E-state index contributed by atoms with van der Waals surface area (Å²) in [5, 5.41) is 14.9. The van der Waals surface area contributed by atoms with Crippen molar-refractivity contribution in [3.8, 4) is 0 Å². The first-order chi connectivity index (χ1) is 13.8. The highest BCUT2D eigenvalue weighted by Gasteiger charge is 1.94. The first-order valence-electron chi connectivity index (χ1n) is 8.35. The van der Waals surface area contributed by atoms with E-state index in [-0.39, 0.29) is 5.56 Å². The summed E-state index contributed by atoms with van der Waals surface area (Å²) in [5.41, 5.74) is 5.97. The van der Waals surface area contributed by atoms with E-state index in [9.17, 15) is 4.79 Å². The molecule has 7 nitrogen and oxygen atoms in total. The number of para-hydroxylation sites is 1. The standard InChI is InChI=1S/C21H19N5O2/c22-21(27)19-15-10-8-6-4-2-1-3-5-7-9-13-18-14-11-12-16-20(18)28-26-25-24-23-17-19/h1-17H,(H2,22,27). The monoisotopic (exact) mass is 373 g/mol. The Morgan fingerprint density at radius 2 is 1.25 bits per heavy atom. The average molecular weight is 373 g/mol. The van der Waals surface area contributed by atoms with Crippen LogP contribution in [0.4, 0.5) is 0 Å². The molecule has 2 aromatic rings. The molecule has 1 amide bonds. The molecular weight excluding hydrogens is 354 g/mol. The van der Waals surface area contributed by atoms with Gasteiger partial charge in [-0.1, -0.05) is 84.9 Å². The van der Waals surface area contributed by atoms with Crippen molar-refractivity contribution in [3.63, 3.8) is 0 Å². The topological polar surface area (TPSA) is 108 Å². The Hall–Kier alpha value is -4.13. The Bertz CT molecular complexity index is 1030. The summed E-state index contributed by atoms with van der Waals surface area (Å²) in [6.45, 7) is 0. The lowest BCUT2D eigenvalue weighted by molar-refractivity contribution is 0.1000. The fourth-order valence-electron chi connectivity index (χ4n) is 1.91. The molecule has 0 radical (unpaired) electrons. The first kappa shape index (κ1) is 20.2. The zero-order valence-corrected chi connectivity index (χ0v) is 15.0. The van der Waals surface area contributed by atoms with Crippen LogP contribution in [-0.2, 0) is 0 Å². The van der Waals surface area contributed by atoms with Gasteiger partial charge in [-0.05, 0) is 17.3 Å². The molecule has 2 N–H and O–H groups in total. The van der Waals surface area contributed by atoms with Crippen molar-refractivity contribution in [1.29, 1.82) is 0 Å². The molecule has 0 spiro atoms. The zero-order valence-electron chi connectivity index (χ0n) is 15.0. The maximum atomic E-state index is 11.4. The van der Waals surface area contributed by atoms with Gasteiger partial charge in [-0.25, -0.2) is 0 Å². The summed E-state index contributed by atoms with van der Waals surface area (Å²) in [4.78, 5) is 11.4. The Kier molecular flexibility index (Phi) is 8.84. The van der Waals surface area contributed by atoms with Gasteiger partial charge in [0.05, 0.1) is 17.0 Å². The van der Waals surface area contributed by atoms with Gasteiger partial charge in [0.2, 0.25) is 5.91 Å². The molecule has 0 bridgehead atoms. The van der Waals surface area contributed by atoms with E-state index in [4.69, 9.17) is 10.3 Å². The van der Waals surface area contributed by atoms with E-state index in [2.05, 4.69) is 20.8 Å². The minimum atomic E-state index is -0.638. The third-order valence-corrected chi connectivity index (χ3v) is 3.22. The smallest absolute Gasteiger partial charge is 0.250 e. The lowest BCUT2D eigenvalue weighted by Gasteiger charge is -1.87. The van der Waals surface area contributed by atoms with E-state index in [0.717, 1.165) is 5.39 Å². The van der Waals surface area contributed by atoms with E-state index < -0.39 is 5.91 Å². The van der Waals surface area contributed by atoms with Crippen LogP contribution < -0.4 is 5.73 Å². The highest BCUT2D eigenvalue weighted by atomic mass is 16.5. The molecule has 1 heterocycles. The SMILES string of the molecule is NC(=O)c1ccccccccccccc2ccccc2onnnnc1. The van der Waals surface area contributed by atoms with Crippen LogP contribution >= 0.6 is 0 Å². The average Bonchev–Trinajstić information content (AvgIpc) is 2.69. The fourth-order valence-corrected chi connectivity index (χ4v) is 1.91. The number of carbonyl (C=O) groups is 1. The quantitative estimate of drug-likeness (QED) is 0.818. The summed E-state index contributed by atoms with van der Waals surface area (Å²) in [7, 11) is 0. The number of amides is 1. The van der Waals surface area contributed by atoms with Crippen molar-refractivity contribution in [2.45, 2.75) is 0 Å². The van der Waals surface area contributed by atoms with Crippen molar-refractivity contribution < 1.29 is 9.32 Å². The number of nitrogens with two attached hydrogens (primary N) is 1. The lowest BCUT2D eigenvalue weighted by Crippen LogP contribution is -2.10. The number of hydrogen-bond donors (Lipinski definition) is 1.